The van der Waals surface area contributed by atoms with Gasteiger partial charge in [-0.05, 0) is 11.1 Å². The van der Waals surface area contributed by atoms with E-state index in [1.165, 1.54) is 9.13 Å². The summed E-state index contributed by atoms with van der Waals surface area (Å²) < 4.78 is 2.44. The van der Waals surface area contributed by atoms with Gasteiger partial charge >= 0.3 is 11.4 Å². The van der Waals surface area contributed by atoms with Crippen molar-refractivity contribution in [2.75, 3.05) is 11.5 Å². The van der Waals surface area contributed by atoms with Crippen molar-refractivity contribution in [1.82, 2.24) is 19.1 Å². The molecule has 0 aliphatic carbocycles. The number of nitrogens with two attached hydrogens (primary N) is 2. The lowest BCUT2D eigenvalue weighted by atomic mass is 10.1. The second-order valence-electron chi connectivity index (χ2n) is 7.57. The maximum Gasteiger partial charge on any atom is 0.330 e. The molecule has 4 aromatic rings. The van der Waals surface area contributed by atoms with E-state index in [4.69, 9.17) is 11.5 Å². The fraction of sp³-hybridized carbons (Fsp3) is 0.130. The average molecular weight is 446 g/mol. The number of aromatic nitrogens is 4. The molecule has 10 nitrogen and oxygen atoms in total. The molecule has 0 saturated heterocycles. The molecule has 10 heteroatoms. The number of anilines is 2. The van der Waals surface area contributed by atoms with Crippen molar-refractivity contribution in [2.45, 2.75) is 19.5 Å². The molecule has 0 bridgehead atoms. The first-order chi connectivity index (χ1) is 15.8. The van der Waals surface area contributed by atoms with Gasteiger partial charge < -0.3 is 11.5 Å². The topological polar surface area (TPSA) is 162 Å². The number of hydrogen-bond acceptors (Lipinski definition) is 6. The third-order valence-corrected chi connectivity index (χ3v) is 5.40. The number of benzene rings is 2. The van der Waals surface area contributed by atoms with E-state index in [-0.39, 0.29) is 42.3 Å². The van der Waals surface area contributed by atoms with Gasteiger partial charge in [-0.3, -0.25) is 28.7 Å². The van der Waals surface area contributed by atoms with Crippen LogP contribution in [-0.2, 0) is 19.5 Å². The zero-order valence-corrected chi connectivity index (χ0v) is 17.6. The van der Waals surface area contributed by atoms with Crippen LogP contribution in [-0.4, -0.2) is 19.1 Å². The third-order valence-electron chi connectivity index (χ3n) is 5.40. The van der Waals surface area contributed by atoms with Crippen LogP contribution in [0, 0.1) is 0 Å². The molecule has 0 saturated carbocycles. The maximum absolute atomic E-state index is 12.6. The number of nitrogens with one attached hydrogen (secondary N) is 2. The lowest BCUT2D eigenvalue weighted by Gasteiger charge is -2.15. The van der Waals surface area contributed by atoms with Crippen molar-refractivity contribution in [2.24, 2.45) is 0 Å². The fourth-order valence-electron chi connectivity index (χ4n) is 3.62. The highest BCUT2D eigenvalue weighted by Gasteiger charge is 2.19. The minimum Gasteiger partial charge on any atom is -0.385 e. The lowest BCUT2D eigenvalue weighted by molar-refractivity contribution is 0.711. The molecular weight excluding hydrogens is 424 g/mol. The smallest absolute Gasteiger partial charge is 0.330 e. The summed E-state index contributed by atoms with van der Waals surface area (Å²) in [5.41, 5.74) is 11.2. The van der Waals surface area contributed by atoms with Gasteiger partial charge in [0.15, 0.2) is 0 Å². The summed E-state index contributed by atoms with van der Waals surface area (Å²) in [6.45, 7) is 0.267. The minimum absolute atomic E-state index is 0.00708. The van der Waals surface area contributed by atoms with Crippen molar-refractivity contribution in [3.05, 3.63) is 125 Å². The molecule has 2 aromatic carbocycles. The van der Waals surface area contributed by atoms with Gasteiger partial charge in [-0.2, -0.15) is 0 Å². The molecule has 33 heavy (non-hydrogen) atoms. The molecule has 0 atom stereocenters. The highest BCUT2D eigenvalue weighted by Crippen LogP contribution is 2.15. The van der Waals surface area contributed by atoms with Crippen molar-refractivity contribution < 1.29 is 0 Å². The Balaban J connectivity index is 1.78. The van der Waals surface area contributed by atoms with E-state index in [2.05, 4.69) is 9.97 Å². The van der Waals surface area contributed by atoms with Crippen LogP contribution in [0.3, 0.4) is 0 Å². The van der Waals surface area contributed by atoms with Crippen molar-refractivity contribution in [3.8, 4) is 0 Å². The summed E-state index contributed by atoms with van der Waals surface area (Å²) in [6.07, 6.45) is -0.257. The van der Waals surface area contributed by atoms with E-state index in [0.717, 1.165) is 11.1 Å². The quantitative estimate of drug-likeness (QED) is 0.332. The summed E-state index contributed by atoms with van der Waals surface area (Å²) >= 11 is 0. The van der Waals surface area contributed by atoms with Gasteiger partial charge in [-0.25, -0.2) is 9.59 Å². The van der Waals surface area contributed by atoms with Crippen LogP contribution in [0.5, 0.6) is 0 Å². The van der Waals surface area contributed by atoms with E-state index >= 15 is 0 Å². The largest absolute Gasteiger partial charge is 0.385 e. The predicted molar refractivity (Wildman–Crippen MR) is 125 cm³/mol. The molecule has 0 aliphatic heterocycles. The van der Waals surface area contributed by atoms with Crippen LogP contribution in [0.25, 0.3) is 0 Å². The van der Waals surface area contributed by atoms with Gasteiger partial charge in [-0.15, -0.1) is 0 Å². The van der Waals surface area contributed by atoms with Crippen molar-refractivity contribution in [3.63, 3.8) is 0 Å². The van der Waals surface area contributed by atoms with Crippen LogP contribution in [0.1, 0.15) is 22.3 Å². The molecule has 0 aliphatic rings. The van der Waals surface area contributed by atoms with Gasteiger partial charge in [0.25, 0.3) is 11.1 Å². The van der Waals surface area contributed by atoms with E-state index in [1.807, 2.05) is 60.7 Å². The Morgan fingerprint density at radius 3 is 1.33 bits per heavy atom. The van der Waals surface area contributed by atoms with Gasteiger partial charge in [-0.1, -0.05) is 60.7 Å². The van der Waals surface area contributed by atoms with E-state index < -0.39 is 22.5 Å². The second-order valence-corrected chi connectivity index (χ2v) is 7.57. The molecule has 0 fully saturated rings. The standard InChI is InChI=1S/C23H22N6O4/c24-18-16(20(30)26-22(32)28(18)12-14-7-3-1-4-8-14)11-17-19(25)29(23(33)27-21(17)31)13-15-9-5-2-6-10-15/h1-10H,11-13,24-25H2,(H,26,30,32)(H,27,31,33). The Morgan fingerprint density at radius 1 is 0.606 bits per heavy atom. The number of H-pyrrole nitrogens is 2. The zero-order valence-electron chi connectivity index (χ0n) is 17.6. The summed E-state index contributed by atoms with van der Waals surface area (Å²) in [6, 6.07) is 18.2. The number of hydrogen-bond donors (Lipinski definition) is 4. The monoisotopic (exact) mass is 446 g/mol. The predicted octanol–water partition coefficient (Wildman–Crippen LogP) is 0.238. The average Bonchev–Trinajstić information content (AvgIpc) is 2.80. The molecule has 2 aromatic heterocycles. The molecule has 168 valence electrons. The first-order valence-corrected chi connectivity index (χ1v) is 10.2. The maximum atomic E-state index is 12.6. The Morgan fingerprint density at radius 2 is 0.970 bits per heavy atom. The molecule has 0 amide bonds. The second kappa shape index (κ2) is 8.87. The van der Waals surface area contributed by atoms with Crippen LogP contribution in [0.15, 0.2) is 79.8 Å². The SMILES string of the molecule is Nc1c(Cc2c(N)n(Cc3ccccc3)c(=O)[nH]c2=O)c(=O)[nH]c(=O)n1Cc1ccccc1. The van der Waals surface area contributed by atoms with Crippen LogP contribution >= 0.6 is 0 Å². The van der Waals surface area contributed by atoms with Gasteiger partial charge in [0.2, 0.25) is 0 Å². The van der Waals surface area contributed by atoms with Gasteiger partial charge in [0, 0.05) is 6.42 Å². The molecule has 0 radical (unpaired) electrons. The highest BCUT2D eigenvalue weighted by molar-refractivity contribution is 5.47. The molecule has 6 N–H and O–H groups in total. The Kier molecular flexibility index (Phi) is 5.81. The summed E-state index contributed by atoms with van der Waals surface area (Å²) in [4.78, 5) is 54.4. The van der Waals surface area contributed by atoms with E-state index in [1.54, 1.807) is 0 Å². The van der Waals surface area contributed by atoms with Gasteiger partial charge in [0.1, 0.15) is 11.6 Å². The molecular formula is C23H22N6O4. The normalized spacial score (nSPS) is 10.9. The first-order valence-electron chi connectivity index (χ1n) is 10.2. The van der Waals surface area contributed by atoms with Crippen LogP contribution in [0.4, 0.5) is 11.6 Å². The Bertz CT molecular complexity index is 1420. The molecule has 2 heterocycles. The molecule has 4 rings (SSSR count). The van der Waals surface area contributed by atoms with Crippen molar-refractivity contribution in [1.29, 1.82) is 0 Å². The number of nitrogen functional groups attached to an aromatic ring is 2. The minimum atomic E-state index is -0.721. The fourth-order valence-corrected chi connectivity index (χ4v) is 3.62. The Hall–Kier alpha value is -4.60. The summed E-state index contributed by atoms with van der Waals surface area (Å²) in [7, 11) is 0. The van der Waals surface area contributed by atoms with E-state index in [9.17, 15) is 19.2 Å². The number of nitrogens with zero attached hydrogens (tertiary/aromatic N) is 2. The Labute approximate surface area is 186 Å². The third kappa shape index (κ3) is 4.40. The lowest BCUT2D eigenvalue weighted by Crippen LogP contribution is -2.38. The molecule has 0 spiro atoms. The number of rotatable bonds is 6. The van der Waals surface area contributed by atoms with Gasteiger partial charge in [0.05, 0.1) is 24.2 Å². The van der Waals surface area contributed by atoms with Crippen LogP contribution < -0.4 is 34.0 Å². The summed E-state index contributed by atoms with van der Waals surface area (Å²) in [5, 5.41) is 0. The number of aromatic amines is 2. The summed E-state index contributed by atoms with van der Waals surface area (Å²) in [5.74, 6) is -0.153. The van der Waals surface area contributed by atoms with E-state index in [0.29, 0.717) is 0 Å². The zero-order chi connectivity index (χ0) is 23.5. The highest BCUT2D eigenvalue weighted by atomic mass is 16.2. The first kappa shape index (κ1) is 21.6. The van der Waals surface area contributed by atoms with Crippen LogP contribution in [0.2, 0.25) is 0 Å². The van der Waals surface area contributed by atoms with Crippen molar-refractivity contribution >= 4 is 11.6 Å². The molecule has 0 unspecified atom stereocenters.